The molecule has 16 heavy (non-hydrogen) atoms. The predicted molar refractivity (Wildman–Crippen MR) is 72.6 cm³/mol. The van der Waals surface area contributed by atoms with Crippen molar-refractivity contribution in [3.05, 3.63) is 24.3 Å². The third kappa shape index (κ3) is 13.4. The van der Waals surface area contributed by atoms with Crippen molar-refractivity contribution in [2.24, 2.45) is 0 Å². The normalized spacial score (nSPS) is 11.9. The van der Waals surface area contributed by atoms with Crippen LogP contribution in [0.1, 0.15) is 64.7 Å². The maximum atomic E-state index is 8.56. The molecule has 0 rings (SSSR count). The first-order valence-electron chi connectivity index (χ1n) is 6.82. The van der Waals surface area contributed by atoms with E-state index >= 15 is 0 Å². The minimum absolute atomic E-state index is 0.262. The largest absolute Gasteiger partial charge is 0.396 e. The predicted octanol–water partition coefficient (Wildman–Crippen LogP) is 4.62. The van der Waals surface area contributed by atoms with Crippen LogP contribution in [-0.4, -0.2) is 11.7 Å². The SMILES string of the molecule is CCCCCCCC/C=C\C/C=C\CCO. The molecule has 0 bridgehead atoms. The van der Waals surface area contributed by atoms with E-state index in [1.54, 1.807) is 0 Å². The molecule has 1 N–H and O–H groups in total. The van der Waals surface area contributed by atoms with Gasteiger partial charge < -0.3 is 5.11 Å². The maximum Gasteiger partial charge on any atom is 0.0465 e. The maximum absolute atomic E-state index is 8.56. The van der Waals surface area contributed by atoms with Gasteiger partial charge in [0, 0.05) is 6.61 Å². The van der Waals surface area contributed by atoms with E-state index in [9.17, 15) is 0 Å². The number of allylic oxidation sites excluding steroid dienone is 3. The topological polar surface area (TPSA) is 20.2 Å². The molecule has 0 unspecified atom stereocenters. The van der Waals surface area contributed by atoms with E-state index in [0.29, 0.717) is 0 Å². The number of unbranched alkanes of at least 4 members (excludes halogenated alkanes) is 6. The Balaban J connectivity index is 3.09. The lowest BCUT2D eigenvalue weighted by molar-refractivity contribution is 0.302. The molecule has 0 radical (unpaired) electrons. The first-order valence-corrected chi connectivity index (χ1v) is 6.82. The molecule has 0 aromatic heterocycles. The Morgan fingerprint density at radius 1 is 0.750 bits per heavy atom. The third-order valence-corrected chi connectivity index (χ3v) is 2.63. The minimum atomic E-state index is 0.262. The van der Waals surface area contributed by atoms with Gasteiger partial charge >= 0.3 is 0 Å². The van der Waals surface area contributed by atoms with Gasteiger partial charge in [-0.15, -0.1) is 0 Å². The zero-order valence-corrected chi connectivity index (χ0v) is 10.8. The molecule has 0 saturated carbocycles. The summed E-state index contributed by atoms with van der Waals surface area (Å²) in [5, 5.41) is 8.56. The lowest BCUT2D eigenvalue weighted by Crippen LogP contribution is -1.77. The smallest absolute Gasteiger partial charge is 0.0465 e. The van der Waals surface area contributed by atoms with Gasteiger partial charge in [0.2, 0.25) is 0 Å². The van der Waals surface area contributed by atoms with Crippen molar-refractivity contribution in [3.8, 4) is 0 Å². The Bertz CT molecular complexity index is 170. The lowest BCUT2D eigenvalue weighted by Gasteiger charge is -1.97. The van der Waals surface area contributed by atoms with Crippen molar-refractivity contribution < 1.29 is 5.11 Å². The highest BCUT2D eigenvalue weighted by Gasteiger charge is 1.87. The second-order valence-electron chi connectivity index (χ2n) is 4.25. The Hall–Kier alpha value is -0.560. The molecule has 1 nitrogen and oxygen atoms in total. The van der Waals surface area contributed by atoms with Crippen LogP contribution in [0.4, 0.5) is 0 Å². The van der Waals surface area contributed by atoms with Crippen LogP contribution in [0.25, 0.3) is 0 Å². The van der Waals surface area contributed by atoms with Gasteiger partial charge in [0.05, 0.1) is 0 Å². The van der Waals surface area contributed by atoms with Crippen LogP contribution >= 0.6 is 0 Å². The van der Waals surface area contributed by atoms with E-state index in [-0.39, 0.29) is 6.61 Å². The lowest BCUT2D eigenvalue weighted by atomic mass is 10.1. The first kappa shape index (κ1) is 15.4. The summed E-state index contributed by atoms with van der Waals surface area (Å²) < 4.78 is 0. The van der Waals surface area contributed by atoms with Gasteiger partial charge in [-0.05, 0) is 25.7 Å². The van der Waals surface area contributed by atoms with E-state index in [1.807, 2.05) is 6.08 Å². The van der Waals surface area contributed by atoms with Crippen molar-refractivity contribution in [3.63, 3.8) is 0 Å². The molecular formula is C15H28O. The standard InChI is InChI=1S/C15H28O/c1-2-3-4-5-6-7-8-9-10-11-12-13-14-15-16/h9-10,12-13,16H,2-8,11,14-15H2,1H3/b10-9-,13-12-. The van der Waals surface area contributed by atoms with E-state index in [1.165, 1.54) is 44.9 Å². The highest BCUT2D eigenvalue weighted by molar-refractivity contribution is 4.92. The van der Waals surface area contributed by atoms with Crippen molar-refractivity contribution >= 4 is 0 Å². The Morgan fingerprint density at radius 3 is 2.06 bits per heavy atom. The van der Waals surface area contributed by atoms with Crippen molar-refractivity contribution in [1.82, 2.24) is 0 Å². The molecule has 0 heterocycles. The van der Waals surface area contributed by atoms with Crippen LogP contribution < -0.4 is 0 Å². The Labute approximate surface area is 101 Å². The van der Waals surface area contributed by atoms with Crippen LogP contribution in [0.3, 0.4) is 0 Å². The fraction of sp³-hybridized carbons (Fsp3) is 0.733. The highest BCUT2D eigenvalue weighted by atomic mass is 16.2. The molecule has 0 atom stereocenters. The van der Waals surface area contributed by atoms with Gasteiger partial charge in [0.15, 0.2) is 0 Å². The molecule has 0 aliphatic rings. The fourth-order valence-electron chi connectivity index (χ4n) is 1.62. The van der Waals surface area contributed by atoms with Crippen LogP contribution in [0, 0.1) is 0 Å². The molecule has 0 aromatic carbocycles. The number of hydrogen-bond donors (Lipinski definition) is 1. The summed E-state index contributed by atoms with van der Waals surface area (Å²) >= 11 is 0. The monoisotopic (exact) mass is 224 g/mol. The van der Waals surface area contributed by atoms with Crippen LogP contribution in [0.15, 0.2) is 24.3 Å². The average molecular weight is 224 g/mol. The Kier molecular flexibility index (Phi) is 13.9. The molecule has 94 valence electrons. The van der Waals surface area contributed by atoms with Crippen molar-refractivity contribution in [1.29, 1.82) is 0 Å². The zero-order valence-electron chi connectivity index (χ0n) is 10.8. The van der Waals surface area contributed by atoms with Gasteiger partial charge in [0.25, 0.3) is 0 Å². The van der Waals surface area contributed by atoms with E-state index < -0.39 is 0 Å². The van der Waals surface area contributed by atoms with E-state index in [4.69, 9.17) is 5.11 Å². The quantitative estimate of drug-likeness (QED) is 0.401. The van der Waals surface area contributed by atoms with Gasteiger partial charge in [-0.2, -0.15) is 0 Å². The van der Waals surface area contributed by atoms with Gasteiger partial charge in [-0.1, -0.05) is 63.3 Å². The van der Waals surface area contributed by atoms with Gasteiger partial charge in [-0.3, -0.25) is 0 Å². The van der Waals surface area contributed by atoms with Crippen LogP contribution in [0.2, 0.25) is 0 Å². The van der Waals surface area contributed by atoms with Gasteiger partial charge in [-0.25, -0.2) is 0 Å². The number of aliphatic hydroxyl groups excluding tert-OH is 1. The molecule has 0 amide bonds. The van der Waals surface area contributed by atoms with Crippen molar-refractivity contribution in [2.75, 3.05) is 6.61 Å². The van der Waals surface area contributed by atoms with E-state index in [0.717, 1.165) is 12.8 Å². The highest BCUT2D eigenvalue weighted by Crippen LogP contribution is 2.07. The Morgan fingerprint density at radius 2 is 1.38 bits per heavy atom. The molecule has 0 saturated heterocycles. The number of aliphatic hydroxyl groups is 1. The number of rotatable bonds is 11. The summed E-state index contributed by atoms with van der Waals surface area (Å²) in [5.74, 6) is 0. The zero-order chi connectivity index (χ0) is 11.9. The second kappa shape index (κ2) is 14.4. The first-order chi connectivity index (χ1) is 7.91. The molecule has 0 aliphatic carbocycles. The molecular weight excluding hydrogens is 196 g/mol. The minimum Gasteiger partial charge on any atom is -0.396 e. The summed E-state index contributed by atoms with van der Waals surface area (Å²) in [6.07, 6.45) is 19.9. The summed E-state index contributed by atoms with van der Waals surface area (Å²) in [5.41, 5.74) is 0. The van der Waals surface area contributed by atoms with Crippen LogP contribution in [0.5, 0.6) is 0 Å². The molecule has 0 fully saturated rings. The van der Waals surface area contributed by atoms with Gasteiger partial charge in [0.1, 0.15) is 0 Å². The fourth-order valence-corrected chi connectivity index (χ4v) is 1.62. The summed E-state index contributed by atoms with van der Waals surface area (Å²) in [7, 11) is 0. The number of hydrogen-bond acceptors (Lipinski definition) is 1. The summed E-state index contributed by atoms with van der Waals surface area (Å²) in [4.78, 5) is 0. The molecule has 1 heteroatoms. The molecule has 0 aromatic rings. The molecule has 0 aliphatic heterocycles. The third-order valence-electron chi connectivity index (χ3n) is 2.63. The molecule has 0 spiro atoms. The summed E-state index contributed by atoms with van der Waals surface area (Å²) in [6, 6.07) is 0. The van der Waals surface area contributed by atoms with E-state index in [2.05, 4.69) is 25.2 Å². The summed E-state index contributed by atoms with van der Waals surface area (Å²) in [6.45, 7) is 2.52. The average Bonchev–Trinajstić information content (AvgIpc) is 2.31. The van der Waals surface area contributed by atoms with Crippen LogP contribution in [-0.2, 0) is 0 Å². The van der Waals surface area contributed by atoms with Crippen molar-refractivity contribution in [2.45, 2.75) is 64.7 Å². The second-order valence-corrected chi connectivity index (χ2v) is 4.25.